The van der Waals surface area contributed by atoms with Crippen LogP contribution in [0.25, 0.3) is 0 Å². The summed E-state index contributed by atoms with van der Waals surface area (Å²) in [7, 11) is 0. The average Bonchev–Trinajstić information content (AvgIpc) is 2.76. The van der Waals surface area contributed by atoms with E-state index in [1.807, 2.05) is 19.1 Å². The van der Waals surface area contributed by atoms with Crippen molar-refractivity contribution in [2.45, 2.75) is 38.1 Å². The smallest absolute Gasteiger partial charge is 0.235 e. The summed E-state index contributed by atoms with van der Waals surface area (Å²) in [6, 6.07) is 3.65. The first-order valence-electron chi connectivity index (χ1n) is 5.68. The molecule has 3 nitrogen and oxygen atoms in total. The van der Waals surface area contributed by atoms with Gasteiger partial charge >= 0.3 is 0 Å². The van der Waals surface area contributed by atoms with Gasteiger partial charge in [0.1, 0.15) is 11.3 Å². The standard InChI is InChI=1S/C13H14ClNO2/c1-9-4-5-10(12(17)11(9)14)13(15-8-16)6-2-3-7-13/h4-5,17H,2-3,6-7H2,1H3. The summed E-state index contributed by atoms with van der Waals surface area (Å²) >= 11 is 6.03. The minimum absolute atomic E-state index is 0.0487. The molecular weight excluding hydrogens is 238 g/mol. The number of rotatable bonds is 2. The molecule has 17 heavy (non-hydrogen) atoms. The molecule has 1 fully saturated rings. The zero-order chi connectivity index (χ0) is 12.5. The largest absolute Gasteiger partial charge is 0.506 e. The van der Waals surface area contributed by atoms with Crippen LogP contribution >= 0.6 is 11.6 Å². The van der Waals surface area contributed by atoms with Crippen LogP contribution in [0.5, 0.6) is 5.75 Å². The first-order chi connectivity index (χ1) is 8.10. The Bertz CT molecular complexity index is 486. The number of phenols is 1. The summed E-state index contributed by atoms with van der Waals surface area (Å²) in [5.41, 5.74) is 0.841. The number of carbonyl (C=O) groups excluding carboxylic acids is 1. The predicted molar refractivity (Wildman–Crippen MR) is 66.1 cm³/mol. The number of aryl methyl sites for hydroxylation is 1. The number of nitrogens with zero attached hydrogens (tertiary/aromatic N) is 1. The number of isocyanates is 1. The number of halogens is 1. The van der Waals surface area contributed by atoms with Gasteiger partial charge in [0, 0.05) is 5.56 Å². The van der Waals surface area contributed by atoms with E-state index in [0.29, 0.717) is 10.6 Å². The summed E-state index contributed by atoms with van der Waals surface area (Å²) in [5.74, 6) is 0.0487. The zero-order valence-electron chi connectivity index (χ0n) is 9.66. The third-order valence-corrected chi connectivity index (χ3v) is 3.98. The second kappa shape index (κ2) is 4.52. The molecule has 0 atom stereocenters. The Morgan fingerprint density at radius 3 is 2.65 bits per heavy atom. The van der Waals surface area contributed by atoms with E-state index in [1.165, 1.54) is 0 Å². The molecule has 1 aromatic rings. The van der Waals surface area contributed by atoms with Crippen LogP contribution in [0, 0.1) is 6.92 Å². The van der Waals surface area contributed by atoms with E-state index in [1.54, 1.807) is 6.08 Å². The third kappa shape index (κ3) is 1.97. The van der Waals surface area contributed by atoms with Crippen molar-refractivity contribution in [1.29, 1.82) is 0 Å². The van der Waals surface area contributed by atoms with Crippen LogP contribution in [0.4, 0.5) is 0 Å². The van der Waals surface area contributed by atoms with Gasteiger partial charge < -0.3 is 5.11 Å². The molecule has 0 spiro atoms. The highest BCUT2D eigenvalue weighted by Crippen LogP contribution is 2.47. The number of aliphatic imine (C=N–C) groups is 1. The maximum Gasteiger partial charge on any atom is 0.235 e. The van der Waals surface area contributed by atoms with E-state index in [4.69, 9.17) is 11.6 Å². The average molecular weight is 252 g/mol. The van der Waals surface area contributed by atoms with Gasteiger partial charge in [0.25, 0.3) is 0 Å². The Labute approximate surface area is 105 Å². The minimum Gasteiger partial charge on any atom is -0.506 e. The number of hydrogen-bond acceptors (Lipinski definition) is 3. The molecule has 1 aliphatic carbocycles. The summed E-state index contributed by atoms with van der Waals surface area (Å²) in [4.78, 5) is 14.5. The van der Waals surface area contributed by atoms with Gasteiger partial charge in [-0.3, -0.25) is 0 Å². The van der Waals surface area contributed by atoms with Crippen LogP contribution in [0.3, 0.4) is 0 Å². The van der Waals surface area contributed by atoms with Crippen molar-refractivity contribution in [2.24, 2.45) is 4.99 Å². The minimum atomic E-state index is -0.622. The topological polar surface area (TPSA) is 49.7 Å². The molecule has 0 aromatic heterocycles. The van der Waals surface area contributed by atoms with Gasteiger partial charge in [-0.05, 0) is 25.3 Å². The molecule has 4 heteroatoms. The van der Waals surface area contributed by atoms with Crippen LogP contribution in [-0.4, -0.2) is 11.2 Å². The first-order valence-corrected chi connectivity index (χ1v) is 6.06. The summed E-state index contributed by atoms with van der Waals surface area (Å²) in [6.07, 6.45) is 5.14. The van der Waals surface area contributed by atoms with E-state index in [0.717, 1.165) is 31.2 Å². The van der Waals surface area contributed by atoms with Crippen molar-refractivity contribution in [1.82, 2.24) is 0 Å². The van der Waals surface area contributed by atoms with Gasteiger partial charge in [-0.1, -0.05) is 36.6 Å². The fourth-order valence-corrected chi connectivity index (χ4v) is 2.69. The molecule has 1 aliphatic rings. The van der Waals surface area contributed by atoms with Gasteiger partial charge in [-0.25, -0.2) is 4.79 Å². The fraction of sp³-hybridized carbons (Fsp3) is 0.462. The highest BCUT2D eigenvalue weighted by Gasteiger charge is 2.38. The van der Waals surface area contributed by atoms with Crippen molar-refractivity contribution in [3.63, 3.8) is 0 Å². The van der Waals surface area contributed by atoms with Gasteiger partial charge in [0.05, 0.1) is 5.02 Å². The quantitative estimate of drug-likeness (QED) is 0.646. The van der Waals surface area contributed by atoms with Crippen molar-refractivity contribution >= 4 is 17.7 Å². The Morgan fingerprint density at radius 2 is 2.06 bits per heavy atom. The van der Waals surface area contributed by atoms with E-state index in [-0.39, 0.29) is 5.75 Å². The Kier molecular flexibility index (Phi) is 3.23. The molecule has 0 bridgehead atoms. The molecule has 0 radical (unpaired) electrons. The van der Waals surface area contributed by atoms with E-state index in [2.05, 4.69) is 4.99 Å². The van der Waals surface area contributed by atoms with Gasteiger partial charge in [0.2, 0.25) is 6.08 Å². The first kappa shape index (κ1) is 12.2. The monoisotopic (exact) mass is 251 g/mol. The van der Waals surface area contributed by atoms with Crippen molar-refractivity contribution in [3.8, 4) is 5.75 Å². The maximum absolute atomic E-state index is 10.6. The van der Waals surface area contributed by atoms with E-state index >= 15 is 0 Å². The van der Waals surface area contributed by atoms with Crippen LogP contribution in [-0.2, 0) is 10.3 Å². The molecular formula is C13H14ClNO2. The molecule has 0 heterocycles. The molecule has 0 unspecified atom stereocenters. The second-order valence-electron chi connectivity index (χ2n) is 4.53. The summed E-state index contributed by atoms with van der Waals surface area (Å²) in [5, 5.41) is 10.5. The van der Waals surface area contributed by atoms with Crippen molar-refractivity contribution in [3.05, 3.63) is 28.3 Å². The van der Waals surface area contributed by atoms with E-state index in [9.17, 15) is 9.90 Å². The fourth-order valence-electron chi connectivity index (χ4n) is 2.53. The van der Waals surface area contributed by atoms with Gasteiger partial charge in [0.15, 0.2) is 0 Å². The number of benzene rings is 1. The molecule has 0 aliphatic heterocycles. The third-order valence-electron chi connectivity index (χ3n) is 3.50. The number of phenolic OH excluding ortho intramolecular Hbond substituents is 1. The number of aromatic hydroxyl groups is 1. The number of hydrogen-bond donors (Lipinski definition) is 1. The van der Waals surface area contributed by atoms with Crippen molar-refractivity contribution in [2.75, 3.05) is 0 Å². The molecule has 1 N–H and O–H groups in total. The Hall–Kier alpha value is -1.31. The maximum atomic E-state index is 10.6. The highest BCUT2D eigenvalue weighted by atomic mass is 35.5. The lowest BCUT2D eigenvalue weighted by molar-refractivity contribution is 0.408. The van der Waals surface area contributed by atoms with Gasteiger partial charge in [-0.2, -0.15) is 4.99 Å². The van der Waals surface area contributed by atoms with Crippen LogP contribution < -0.4 is 0 Å². The lowest BCUT2D eigenvalue weighted by atomic mass is 9.87. The highest BCUT2D eigenvalue weighted by molar-refractivity contribution is 6.32. The molecule has 0 amide bonds. The summed E-state index contributed by atoms with van der Waals surface area (Å²) in [6.45, 7) is 1.83. The van der Waals surface area contributed by atoms with Crippen LogP contribution in [0.15, 0.2) is 17.1 Å². The zero-order valence-corrected chi connectivity index (χ0v) is 10.4. The van der Waals surface area contributed by atoms with E-state index < -0.39 is 5.54 Å². The SMILES string of the molecule is Cc1ccc(C2(N=C=O)CCCC2)c(O)c1Cl. The Balaban J connectivity index is 2.58. The molecule has 0 saturated heterocycles. The van der Waals surface area contributed by atoms with Crippen LogP contribution in [0.2, 0.25) is 5.02 Å². The molecule has 1 aromatic carbocycles. The normalized spacial score (nSPS) is 17.8. The second-order valence-corrected chi connectivity index (χ2v) is 4.91. The molecule has 1 saturated carbocycles. The van der Waals surface area contributed by atoms with Crippen molar-refractivity contribution < 1.29 is 9.90 Å². The Morgan fingerprint density at radius 1 is 1.41 bits per heavy atom. The predicted octanol–water partition coefficient (Wildman–Crippen LogP) is 3.46. The van der Waals surface area contributed by atoms with Gasteiger partial charge in [-0.15, -0.1) is 0 Å². The van der Waals surface area contributed by atoms with Crippen LogP contribution in [0.1, 0.15) is 36.8 Å². The lowest BCUT2D eigenvalue weighted by Crippen LogP contribution is -2.19. The summed E-state index contributed by atoms with van der Waals surface area (Å²) < 4.78 is 0. The molecule has 2 rings (SSSR count). The molecule has 90 valence electrons. The lowest BCUT2D eigenvalue weighted by Gasteiger charge is -2.24.